The maximum Gasteiger partial charge on any atom is 0.0576 e. The van der Waals surface area contributed by atoms with Crippen LogP contribution >= 0.6 is 11.3 Å². The fourth-order valence-electron chi connectivity index (χ4n) is 2.79. The molecule has 108 valence electrons. The minimum Gasteiger partial charge on any atom is -0.378 e. The van der Waals surface area contributed by atoms with Crippen LogP contribution in [-0.4, -0.2) is 25.3 Å². The maximum absolute atomic E-state index is 5.73. The van der Waals surface area contributed by atoms with E-state index in [9.17, 15) is 0 Å². The first-order valence-electron chi connectivity index (χ1n) is 7.74. The van der Waals surface area contributed by atoms with E-state index in [2.05, 4.69) is 31.3 Å². The molecule has 2 unspecified atom stereocenters. The summed E-state index contributed by atoms with van der Waals surface area (Å²) in [6, 6.07) is 5.20. The standard InChI is InChI=1S/C16H27NOS/c1-3-15-9-10-16(19-15)12-13(17-4-2)7-8-14-6-5-11-18-14/h9-10,13-14,17H,3-8,11-12H2,1-2H3. The van der Waals surface area contributed by atoms with Gasteiger partial charge in [0, 0.05) is 22.4 Å². The highest BCUT2D eigenvalue weighted by molar-refractivity contribution is 7.11. The van der Waals surface area contributed by atoms with Crippen molar-refractivity contribution < 1.29 is 4.74 Å². The number of aryl methyl sites for hydroxylation is 1. The molecule has 1 aliphatic heterocycles. The molecule has 0 aromatic carbocycles. The Hall–Kier alpha value is -0.380. The van der Waals surface area contributed by atoms with E-state index in [1.165, 1.54) is 41.9 Å². The van der Waals surface area contributed by atoms with Gasteiger partial charge in [-0.1, -0.05) is 13.8 Å². The molecule has 2 nitrogen and oxygen atoms in total. The number of likely N-dealkylation sites (N-methyl/N-ethyl adjacent to an activating group) is 1. The third-order valence-electron chi connectivity index (χ3n) is 3.87. The molecule has 1 N–H and O–H groups in total. The van der Waals surface area contributed by atoms with Gasteiger partial charge in [-0.15, -0.1) is 11.3 Å². The lowest BCUT2D eigenvalue weighted by Gasteiger charge is -2.19. The maximum atomic E-state index is 5.73. The molecular formula is C16H27NOS. The minimum absolute atomic E-state index is 0.524. The van der Waals surface area contributed by atoms with Crippen molar-refractivity contribution in [2.24, 2.45) is 0 Å². The van der Waals surface area contributed by atoms with Crippen molar-refractivity contribution in [2.45, 2.75) is 64.5 Å². The van der Waals surface area contributed by atoms with Gasteiger partial charge >= 0.3 is 0 Å². The summed E-state index contributed by atoms with van der Waals surface area (Å²) < 4.78 is 5.73. The summed E-state index contributed by atoms with van der Waals surface area (Å²) in [7, 11) is 0. The van der Waals surface area contributed by atoms with E-state index in [0.717, 1.165) is 19.6 Å². The number of ether oxygens (including phenoxy) is 1. The largest absolute Gasteiger partial charge is 0.378 e. The molecule has 3 heteroatoms. The molecular weight excluding hydrogens is 254 g/mol. The second-order valence-electron chi connectivity index (χ2n) is 5.39. The predicted octanol–water partition coefficient (Wildman–Crippen LogP) is 3.79. The Kier molecular flexibility index (Phi) is 6.35. The lowest BCUT2D eigenvalue weighted by molar-refractivity contribution is 0.0996. The monoisotopic (exact) mass is 281 g/mol. The smallest absolute Gasteiger partial charge is 0.0576 e. The molecule has 0 amide bonds. The molecule has 0 bridgehead atoms. The second kappa shape index (κ2) is 8.03. The van der Waals surface area contributed by atoms with Gasteiger partial charge in [-0.3, -0.25) is 0 Å². The Labute approximate surface area is 121 Å². The van der Waals surface area contributed by atoms with Gasteiger partial charge in [0.2, 0.25) is 0 Å². The van der Waals surface area contributed by atoms with Crippen molar-refractivity contribution in [1.29, 1.82) is 0 Å². The van der Waals surface area contributed by atoms with E-state index in [1.807, 2.05) is 11.3 Å². The normalized spacial score (nSPS) is 20.8. The molecule has 2 rings (SSSR count). The Morgan fingerprint density at radius 1 is 1.37 bits per heavy atom. The van der Waals surface area contributed by atoms with Crippen LogP contribution in [0, 0.1) is 0 Å². The SMILES string of the molecule is CCNC(CCC1CCCO1)Cc1ccc(CC)s1. The summed E-state index contributed by atoms with van der Waals surface area (Å²) in [5, 5.41) is 3.63. The zero-order valence-corrected chi connectivity index (χ0v) is 13.1. The minimum atomic E-state index is 0.524. The molecule has 0 saturated carbocycles. The zero-order valence-electron chi connectivity index (χ0n) is 12.3. The summed E-state index contributed by atoms with van der Waals surface area (Å²) in [4.78, 5) is 3.03. The molecule has 0 spiro atoms. The molecule has 1 aromatic rings. The summed E-state index contributed by atoms with van der Waals surface area (Å²) in [5.41, 5.74) is 0. The topological polar surface area (TPSA) is 21.3 Å². The fourth-order valence-corrected chi connectivity index (χ4v) is 3.83. The Morgan fingerprint density at radius 2 is 2.21 bits per heavy atom. The quantitative estimate of drug-likeness (QED) is 0.783. The molecule has 1 aromatic heterocycles. The molecule has 1 saturated heterocycles. The van der Waals surface area contributed by atoms with Gasteiger partial charge in [0.25, 0.3) is 0 Å². The van der Waals surface area contributed by atoms with Crippen molar-refractivity contribution >= 4 is 11.3 Å². The number of nitrogens with one attached hydrogen (secondary N) is 1. The molecule has 0 aliphatic carbocycles. The lowest BCUT2D eigenvalue weighted by Crippen LogP contribution is -2.31. The first kappa shape index (κ1) is 15.0. The Balaban J connectivity index is 1.80. The zero-order chi connectivity index (χ0) is 13.5. The van der Waals surface area contributed by atoms with Crippen LogP contribution < -0.4 is 5.32 Å². The van der Waals surface area contributed by atoms with E-state index in [1.54, 1.807) is 0 Å². The third kappa shape index (κ3) is 4.90. The second-order valence-corrected chi connectivity index (χ2v) is 6.65. The number of hydrogen-bond acceptors (Lipinski definition) is 3. The Morgan fingerprint density at radius 3 is 2.84 bits per heavy atom. The summed E-state index contributed by atoms with van der Waals surface area (Å²) in [5.74, 6) is 0. The predicted molar refractivity (Wildman–Crippen MR) is 83.1 cm³/mol. The van der Waals surface area contributed by atoms with E-state index >= 15 is 0 Å². The molecule has 1 fully saturated rings. The van der Waals surface area contributed by atoms with Crippen LogP contribution in [0.1, 0.15) is 49.3 Å². The van der Waals surface area contributed by atoms with E-state index < -0.39 is 0 Å². The van der Waals surface area contributed by atoms with Gasteiger partial charge < -0.3 is 10.1 Å². The Bertz CT molecular complexity index is 357. The average molecular weight is 281 g/mol. The highest BCUT2D eigenvalue weighted by Gasteiger charge is 2.18. The van der Waals surface area contributed by atoms with Gasteiger partial charge in [0.05, 0.1) is 6.10 Å². The van der Waals surface area contributed by atoms with Gasteiger partial charge in [-0.2, -0.15) is 0 Å². The van der Waals surface area contributed by atoms with Gasteiger partial charge in [0.1, 0.15) is 0 Å². The summed E-state index contributed by atoms with van der Waals surface area (Å²) >= 11 is 1.97. The summed E-state index contributed by atoms with van der Waals surface area (Å²) in [6.07, 6.45) is 7.81. The van der Waals surface area contributed by atoms with Crippen LogP contribution in [0.4, 0.5) is 0 Å². The van der Waals surface area contributed by atoms with Crippen molar-refractivity contribution in [3.05, 3.63) is 21.9 Å². The fraction of sp³-hybridized carbons (Fsp3) is 0.750. The molecule has 2 heterocycles. The lowest BCUT2D eigenvalue weighted by atomic mass is 10.0. The van der Waals surface area contributed by atoms with Crippen LogP contribution in [0.5, 0.6) is 0 Å². The van der Waals surface area contributed by atoms with Crippen LogP contribution in [0.25, 0.3) is 0 Å². The van der Waals surface area contributed by atoms with Crippen LogP contribution in [-0.2, 0) is 17.6 Å². The van der Waals surface area contributed by atoms with Crippen LogP contribution in [0.2, 0.25) is 0 Å². The number of thiophene rings is 1. The molecule has 0 radical (unpaired) electrons. The van der Waals surface area contributed by atoms with E-state index in [-0.39, 0.29) is 0 Å². The van der Waals surface area contributed by atoms with E-state index in [4.69, 9.17) is 4.74 Å². The van der Waals surface area contributed by atoms with Crippen LogP contribution in [0.3, 0.4) is 0 Å². The first-order chi connectivity index (χ1) is 9.31. The van der Waals surface area contributed by atoms with Crippen molar-refractivity contribution in [3.63, 3.8) is 0 Å². The van der Waals surface area contributed by atoms with Gasteiger partial charge in [0.15, 0.2) is 0 Å². The molecule has 19 heavy (non-hydrogen) atoms. The van der Waals surface area contributed by atoms with Crippen molar-refractivity contribution in [3.8, 4) is 0 Å². The van der Waals surface area contributed by atoms with Gasteiger partial charge in [-0.05, 0) is 57.2 Å². The van der Waals surface area contributed by atoms with Crippen molar-refractivity contribution in [2.75, 3.05) is 13.2 Å². The van der Waals surface area contributed by atoms with E-state index in [0.29, 0.717) is 12.1 Å². The number of rotatable bonds is 8. The highest BCUT2D eigenvalue weighted by Crippen LogP contribution is 2.22. The molecule has 2 atom stereocenters. The number of hydrogen-bond donors (Lipinski definition) is 1. The van der Waals surface area contributed by atoms with Crippen molar-refractivity contribution in [1.82, 2.24) is 5.32 Å². The first-order valence-corrected chi connectivity index (χ1v) is 8.56. The molecule has 1 aliphatic rings. The highest BCUT2D eigenvalue weighted by atomic mass is 32.1. The average Bonchev–Trinajstić information content (AvgIpc) is 3.07. The summed E-state index contributed by atoms with van der Waals surface area (Å²) in [6.45, 7) is 6.46. The third-order valence-corrected chi connectivity index (χ3v) is 5.12. The van der Waals surface area contributed by atoms with Gasteiger partial charge in [-0.25, -0.2) is 0 Å². The van der Waals surface area contributed by atoms with Crippen LogP contribution in [0.15, 0.2) is 12.1 Å².